The lowest BCUT2D eigenvalue weighted by atomic mass is 9.95. The van der Waals surface area contributed by atoms with E-state index in [0.717, 1.165) is 36.9 Å². The predicted octanol–water partition coefficient (Wildman–Crippen LogP) is 2.80. The molecule has 0 aromatic heterocycles. The van der Waals surface area contributed by atoms with E-state index in [1.165, 1.54) is 5.56 Å². The normalized spacial score (nSPS) is 25.6. The van der Waals surface area contributed by atoms with Crippen LogP contribution in [0.3, 0.4) is 0 Å². The Kier molecular flexibility index (Phi) is 6.02. The Labute approximate surface area is 130 Å². The largest absolute Gasteiger partial charge is 0.392 e. The van der Waals surface area contributed by atoms with Crippen molar-refractivity contribution >= 4 is 15.9 Å². The lowest BCUT2D eigenvalue weighted by Gasteiger charge is -2.35. The average Bonchev–Trinajstić information content (AvgIpc) is 2.45. The molecule has 2 rings (SSSR count). The summed E-state index contributed by atoms with van der Waals surface area (Å²) < 4.78 is 1.16. The number of β-amino-alcohol motifs (C(OH)–C–C–N with tert-alkyl or cyclic N) is 1. The van der Waals surface area contributed by atoms with E-state index in [-0.39, 0.29) is 6.10 Å². The van der Waals surface area contributed by atoms with Gasteiger partial charge in [0.2, 0.25) is 0 Å². The van der Waals surface area contributed by atoms with Crippen LogP contribution in [0.25, 0.3) is 0 Å². The van der Waals surface area contributed by atoms with Gasteiger partial charge in [-0.1, -0.05) is 41.1 Å². The van der Waals surface area contributed by atoms with Crippen LogP contribution in [-0.4, -0.2) is 42.8 Å². The standard InChI is InChI=1S/C16H25BrN2O/c1-12-7-9-19(11-16(12)20)10-8-15(18-2)13-5-3-4-6-14(13)17/h3-6,12,15-16,18,20H,7-11H2,1-2H3. The molecule has 112 valence electrons. The molecule has 1 aromatic carbocycles. The van der Waals surface area contributed by atoms with Crippen molar-refractivity contribution in [3.8, 4) is 0 Å². The highest BCUT2D eigenvalue weighted by Gasteiger charge is 2.24. The summed E-state index contributed by atoms with van der Waals surface area (Å²) in [6.45, 7) is 5.08. The van der Waals surface area contributed by atoms with Gasteiger partial charge in [-0.05, 0) is 44.0 Å². The van der Waals surface area contributed by atoms with E-state index in [1.807, 2.05) is 13.1 Å². The maximum atomic E-state index is 9.97. The van der Waals surface area contributed by atoms with Gasteiger partial charge in [0.05, 0.1) is 6.10 Å². The molecule has 20 heavy (non-hydrogen) atoms. The second kappa shape index (κ2) is 7.55. The molecule has 0 saturated carbocycles. The molecular formula is C16H25BrN2O. The molecule has 1 saturated heterocycles. The van der Waals surface area contributed by atoms with Crippen molar-refractivity contribution in [2.24, 2.45) is 5.92 Å². The SMILES string of the molecule is CNC(CCN1CCC(C)C(O)C1)c1ccccc1Br. The Bertz CT molecular complexity index is 427. The quantitative estimate of drug-likeness (QED) is 0.865. The van der Waals surface area contributed by atoms with E-state index in [9.17, 15) is 5.11 Å². The number of aliphatic hydroxyl groups is 1. The number of nitrogens with zero attached hydrogens (tertiary/aromatic N) is 1. The fourth-order valence-corrected chi connectivity index (χ4v) is 3.40. The van der Waals surface area contributed by atoms with Gasteiger partial charge in [-0.2, -0.15) is 0 Å². The third-order valence-corrected chi connectivity index (χ3v) is 5.09. The van der Waals surface area contributed by atoms with Crippen LogP contribution < -0.4 is 5.32 Å². The molecule has 2 N–H and O–H groups in total. The second-order valence-corrected chi connectivity index (χ2v) is 6.64. The Hall–Kier alpha value is -0.420. The van der Waals surface area contributed by atoms with Crippen molar-refractivity contribution in [3.63, 3.8) is 0 Å². The van der Waals surface area contributed by atoms with Crippen molar-refractivity contribution < 1.29 is 5.11 Å². The zero-order valence-electron chi connectivity index (χ0n) is 12.3. The Morgan fingerprint density at radius 2 is 2.20 bits per heavy atom. The van der Waals surface area contributed by atoms with Crippen LogP contribution in [0.4, 0.5) is 0 Å². The molecule has 3 unspecified atom stereocenters. The molecule has 1 aromatic rings. The van der Waals surface area contributed by atoms with Gasteiger partial charge in [0.25, 0.3) is 0 Å². The summed E-state index contributed by atoms with van der Waals surface area (Å²) in [5.41, 5.74) is 1.31. The first-order chi connectivity index (χ1) is 9.61. The fraction of sp³-hybridized carbons (Fsp3) is 0.625. The number of halogens is 1. The Morgan fingerprint density at radius 1 is 1.45 bits per heavy atom. The van der Waals surface area contributed by atoms with Crippen LogP contribution in [0.1, 0.15) is 31.4 Å². The van der Waals surface area contributed by atoms with Crippen molar-refractivity contribution in [1.29, 1.82) is 0 Å². The number of rotatable bonds is 5. The molecule has 0 spiro atoms. The average molecular weight is 341 g/mol. The topological polar surface area (TPSA) is 35.5 Å². The number of aliphatic hydroxyl groups excluding tert-OH is 1. The van der Waals surface area contributed by atoms with Crippen molar-refractivity contribution in [1.82, 2.24) is 10.2 Å². The molecule has 0 amide bonds. The molecule has 3 atom stereocenters. The number of piperidine rings is 1. The predicted molar refractivity (Wildman–Crippen MR) is 86.8 cm³/mol. The lowest BCUT2D eigenvalue weighted by Crippen LogP contribution is -2.43. The van der Waals surface area contributed by atoms with Crippen molar-refractivity contribution in [3.05, 3.63) is 34.3 Å². The number of likely N-dealkylation sites (tertiary alicyclic amines) is 1. The zero-order valence-corrected chi connectivity index (χ0v) is 13.9. The smallest absolute Gasteiger partial charge is 0.0693 e. The molecule has 4 heteroatoms. The van der Waals surface area contributed by atoms with Crippen LogP contribution in [0, 0.1) is 5.92 Å². The minimum atomic E-state index is -0.166. The summed E-state index contributed by atoms with van der Waals surface area (Å²) in [6, 6.07) is 8.73. The highest BCUT2D eigenvalue weighted by Crippen LogP contribution is 2.26. The summed E-state index contributed by atoms with van der Waals surface area (Å²) in [7, 11) is 2.01. The summed E-state index contributed by atoms with van der Waals surface area (Å²) in [6.07, 6.45) is 1.99. The number of benzene rings is 1. The van der Waals surface area contributed by atoms with Crippen LogP contribution in [0.5, 0.6) is 0 Å². The second-order valence-electron chi connectivity index (χ2n) is 5.79. The minimum absolute atomic E-state index is 0.166. The molecule has 0 radical (unpaired) electrons. The maximum Gasteiger partial charge on any atom is 0.0693 e. The van der Waals surface area contributed by atoms with Gasteiger partial charge < -0.3 is 15.3 Å². The lowest BCUT2D eigenvalue weighted by molar-refractivity contribution is 0.0278. The molecular weight excluding hydrogens is 316 g/mol. The molecule has 1 heterocycles. The van der Waals surface area contributed by atoms with Crippen molar-refractivity contribution in [2.45, 2.75) is 31.9 Å². The van der Waals surface area contributed by atoms with Gasteiger partial charge in [-0.3, -0.25) is 0 Å². The van der Waals surface area contributed by atoms with Gasteiger partial charge in [-0.25, -0.2) is 0 Å². The van der Waals surface area contributed by atoms with Gasteiger partial charge >= 0.3 is 0 Å². The first-order valence-electron chi connectivity index (χ1n) is 7.44. The zero-order chi connectivity index (χ0) is 14.5. The molecule has 0 bridgehead atoms. The monoisotopic (exact) mass is 340 g/mol. The molecule has 3 nitrogen and oxygen atoms in total. The highest BCUT2D eigenvalue weighted by molar-refractivity contribution is 9.10. The molecule has 1 aliphatic rings. The Balaban J connectivity index is 1.90. The van der Waals surface area contributed by atoms with E-state index < -0.39 is 0 Å². The molecule has 0 aliphatic carbocycles. The third kappa shape index (κ3) is 4.04. The Morgan fingerprint density at radius 3 is 2.85 bits per heavy atom. The van der Waals surface area contributed by atoms with Crippen LogP contribution in [0.15, 0.2) is 28.7 Å². The van der Waals surface area contributed by atoms with Crippen LogP contribution in [-0.2, 0) is 0 Å². The van der Waals surface area contributed by atoms with Crippen LogP contribution in [0.2, 0.25) is 0 Å². The first-order valence-corrected chi connectivity index (χ1v) is 8.23. The number of hydrogen-bond donors (Lipinski definition) is 2. The summed E-state index contributed by atoms with van der Waals surface area (Å²) in [4.78, 5) is 2.38. The van der Waals surface area contributed by atoms with E-state index in [2.05, 4.69) is 51.3 Å². The third-order valence-electron chi connectivity index (χ3n) is 4.37. The summed E-state index contributed by atoms with van der Waals surface area (Å²) in [5, 5.41) is 13.4. The van der Waals surface area contributed by atoms with Crippen LogP contribution >= 0.6 is 15.9 Å². The van der Waals surface area contributed by atoms with Crippen molar-refractivity contribution in [2.75, 3.05) is 26.7 Å². The van der Waals surface area contributed by atoms with Gasteiger partial charge in [0.15, 0.2) is 0 Å². The van der Waals surface area contributed by atoms with Gasteiger partial charge in [-0.15, -0.1) is 0 Å². The highest BCUT2D eigenvalue weighted by atomic mass is 79.9. The molecule has 1 fully saturated rings. The van der Waals surface area contributed by atoms with E-state index in [4.69, 9.17) is 0 Å². The van der Waals surface area contributed by atoms with E-state index in [1.54, 1.807) is 0 Å². The number of hydrogen-bond acceptors (Lipinski definition) is 3. The summed E-state index contributed by atoms with van der Waals surface area (Å²) >= 11 is 3.63. The molecule has 1 aliphatic heterocycles. The van der Waals surface area contributed by atoms with Gasteiger partial charge in [0.1, 0.15) is 0 Å². The fourth-order valence-electron chi connectivity index (χ4n) is 2.84. The van der Waals surface area contributed by atoms with E-state index in [0.29, 0.717) is 12.0 Å². The van der Waals surface area contributed by atoms with E-state index >= 15 is 0 Å². The summed E-state index contributed by atoms with van der Waals surface area (Å²) in [5.74, 6) is 0.439. The maximum absolute atomic E-state index is 9.97. The first kappa shape index (κ1) is 16.0. The minimum Gasteiger partial charge on any atom is -0.392 e. The number of nitrogens with one attached hydrogen (secondary N) is 1. The van der Waals surface area contributed by atoms with Gasteiger partial charge in [0, 0.05) is 23.6 Å².